The van der Waals surface area contributed by atoms with E-state index in [0.29, 0.717) is 86.3 Å². The lowest BCUT2D eigenvalue weighted by atomic mass is 10.0. The van der Waals surface area contributed by atoms with Crippen LogP contribution in [0.15, 0.2) is 67.0 Å². The molecule has 4 aliphatic heterocycles. The van der Waals surface area contributed by atoms with Crippen molar-refractivity contribution in [3.63, 3.8) is 0 Å². The highest BCUT2D eigenvalue weighted by Crippen LogP contribution is 2.38. The summed E-state index contributed by atoms with van der Waals surface area (Å²) in [6.45, 7) is 4.77. The number of nitrogens with one attached hydrogen (secondary N) is 2. The second-order valence-electron chi connectivity index (χ2n) is 14.5. The summed E-state index contributed by atoms with van der Waals surface area (Å²) in [5.74, 6) is -2.57. The van der Waals surface area contributed by atoms with E-state index in [-0.39, 0.29) is 41.3 Å². The Kier molecular flexibility index (Phi) is 10.3. The van der Waals surface area contributed by atoms with Crippen molar-refractivity contribution in [2.45, 2.75) is 50.9 Å². The molecule has 2 aromatic carbocycles. The number of hydrogen-bond donors (Lipinski definition) is 2. The number of pyridine rings is 2. The minimum absolute atomic E-state index is 0.0241. The van der Waals surface area contributed by atoms with E-state index in [1.54, 1.807) is 37.4 Å². The van der Waals surface area contributed by atoms with Crippen LogP contribution in [0.1, 0.15) is 68.0 Å². The molecule has 8 rings (SSSR count). The molecule has 4 aliphatic rings. The first-order valence-corrected chi connectivity index (χ1v) is 18.9. The van der Waals surface area contributed by atoms with Crippen LogP contribution in [0.3, 0.4) is 0 Å². The molecule has 3 saturated heterocycles. The number of carbonyl (C=O) groups is 5. The molecule has 5 amide bonds. The molecule has 0 spiro atoms. The van der Waals surface area contributed by atoms with Crippen LogP contribution in [-0.4, -0.2) is 95.9 Å². The number of aromatic nitrogens is 2. The second kappa shape index (κ2) is 15.5. The Hall–Kier alpha value is -6.36. The molecule has 17 heteroatoms. The van der Waals surface area contributed by atoms with Gasteiger partial charge in [-0.15, -0.1) is 0 Å². The number of aryl methyl sites for hydroxylation is 1. The normalized spacial score (nSPS) is 19.0. The lowest BCUT2D eigenvalue weighted by Crippen LogP contribution is -2.54. The number of hydrogen-bond acceptors (Lipinski definition) is 11. The van der Waals surface area contributed by atoms with Gasteiger partial charge in [0.2, 0.25) is 17.7 Å². The molecule has 1 unspecified atom stereocenters. The summed E-state index contributed by atoms with van der Waals surface area (Å²) in [6, 6.07) is 11.8. The number of piperazine rings is 1. The smallest absolute Gasteiger partial charge is 0.416 e. The van der Waals surface area contributed by atoms with E-state index in [1.165, 1.54) is 18.3 Å². The third-order valence-electron chi connectivity index (χ3n) is 10.8. The molecule has 0 saturated carbocycles. The van der Waals surface area contributed by atoms with Gasteiger partial charge in [0.25, 0.3) is 17.7 Å². The third kappa shape index (κ3) is 7.56. The van der Waals surface area contributed by atoms with Crippen molar-refractivity contribution in [2.24, 2.45) is 0 Å². The molecule has 58 heavy (non-hydrogen) atoms. The monoisotopic (exact) mass is 797 g/mol. The van der Waals surface area contributed by atoms with E-state index in [1.807, 2.05) is 11.0 Å². The van der Waals surface area contributed by atoms with Crippen molar-refractivity contribution >= 4 is 46.6 Å². The Balaban J connectivity index is 1.04. The maximum atomic E-state index is 13.8. The molecular formula is C41H38F3N7O7. The Labute approximate surface area is 330 Å². The van der Waals surface area contributed by atoms with Crippen molar-refractivity contribution in [1.82, 2.24) is 20.2 Å². The zero-order valence-corrected chi connectivity index (χ0v) is 31.3. The molecule has 2 aromatic heterocycles. The van der Waals surface area contributed by atoms with Crippen LogP contribution in [0.25, 0.3) is 11.1 Å². The first-order valence-electron chi connectivity index (χ1n) is 18.9. The number of alkyl halides is 3. The summed E-state index contributed by atoms with van der Waals surface area (Å²) in [7, 11) is 0. The number of piperidine rings is 1. The average molecular weight is 798 g/mol. The van der Waals surface area contributed by atoms with Crippen LogP contribution >= 0.6 is 0 Å². The summed E-state index contributed by atoms with van der Waals surface area (Å²) in [6.07, 6.45) is -0.170. The zero-order valence-electron chi connectivity index (χ0n) is 31.3. The molecule has 14 nitrogen and oxygen atoms in total. The van der Waals surface area contributed by atoms with Crippen molar-refractivity contribution in [2.75, 3.05) is 54.5 Å². The van der Waals surface area contributed by atoms with Gasteiger partial charge in [-0.05, 0) is 55.8 Å². The first-order chi connectivity index (χ1) is 27.9. The third-order valence-corrected chi connectivity index (χ3v) is 10.8. The lowest BCUT2D eigenvalue weighted by Gasteiger charge is -2.38. The standard InChI is InChI=1S/C41H38F3N7O7/c1-23-30(20-27(22-45-23)47-36(53)24-4-2-5-26(18-24)41(42,43)44)25-19-33(38(46-21-25)58-28-10-16-57-17-11-28)50-14-12-49(13-15-50)31-7-3-6-29-35(31)40(56)51(39(29)55)32-8-9-34(52)48-37(32)54/h2-7,18-22,28,32H,8-17H2,1H3,(H,47,53)(H,48,52,54). The van der Waals surface area contributed by atoms with Crippen LogP contribution in [0, 0.1) is 6.92 Å². The van der Waals surface area contributed by atoms with Gasteiger partial charge in [0.05, 0.1) is 47.5 Å². The number of carbonyl (C=O) groups excluding carboxylic acids is 5. The van der Waals surface area contributed by atoms with Gasteiger partial charge in [0.1, 0.15) is 17.8 Å². The van der Waals surface area contributed by atoms with Gasteiger partial charge < -0.3 is 24.6 Å². The van der Waals surface area contributed by atoms with Crippen molar-refractivity contribution < 1.29 is 46.6 Å². The Morgan fingerprint density at radius 2 is 1.59 bits per heavy atom. The van der Waals surface area contributed by atoms with Crippen LogP contribution in [0.5, 0.6) is 5.88 Å². The van der Waals surface area contributed by atoms with Gasteiger partial charge in [-0.1, -0.05) is 12.1 Å². The van der Waals surface area contributed by atoms with Crippen molar-refractivity contribution in [1.29, 1.82) is 0 Å². The molecule has 6 heterocycles. The largest absolute Gasteiger partial charge is 0.473 e. The number of amides is 5. The highest BCUT2D eigenvalue weighted by Gasteiger charge is 2.46. The number of rotatable bonds is 8. The van der Waals surface area contributed by atoms with E-state index in [0.717, 1.165) is 17.0 Å². The van der Waals surface area contributed by atoms with Gasteiger partial charge in [0.15, 0.2) is 0 Å². The fourth-order valence-corrected chi connectivity index (χ4v) is 7.74. The Morgan fingerprint density at radius 3 is 2.31 bits per heavy atom. The van der Waals surface area contributed by atoms with Crippen LogP contribution in [0.2, 0.25) is 0 Å². The molecule has 1 atom stereocenters. The number of fused-ring (bicyclic) bond motifs is 1. The average Bonchev–Trinajstić information content (AvgIpc) is 3.47. The molecule has 0 bridgehead atoms. The molecule has 2 N–H and O–H groups in total. The number of ether oxygens (including phenoxy) is 2. The van der Waals surface area contributed by atoms with Gasteiger partial charge in [0, 0.05) is 74.0 Å². The van der Waals surface area contributed by atoms with Crippen molar-refractivity contribution in [3.8, 4) is 17.0 Å². The molecular weight excluding hydrogens is 759 g/mol. The fourth-order valence-electron chi connectivity index (χ4n) is 7.74. The van der Waals surface area contributed by atoms with Crippen LogP contribution in [0.4, 0.5) is 30.2 Å². The van der Waals surface area contributed by atoms with Gasteiger partial charge in [-0.3, -0.25) is 39.2 Å². The van der Waals surface area contributed by atoms with E-state index in [2.05, 4.69) is 20.5 Å². The van der Waals surface area contributed by atoms with Gasteiger partial charge >= 0.3 is 6.18 Å². The molecule has 0 aliphatic carbocycles. The number of nitrogens with zero attached hydrogens (tertiary/aromatic N) is 5. The highest BCUT2D eigenvalue weighted by molar-refractivity contribution is 6.25. The number of halogens is 3. The fraction of sp³-hybridized carbons (Fsp3) is 0.341. The van der Waals surface area contributed by atoms with E-state index >= 15 is 0 Å². The highest BCUT2D eigenvalue weighted by atomic mass is 19.4. The molecule has 3 fully saturated rings. The van der Waals surface area contributed by atoms with Crippen molar-refractivity contribution in [3.05, 3.63) is 94.9 Å². The second-order valence-corrected chi connectivity index (χ2v) is 14.5. The molecule has 300 valence electrons. The van der Waals surface area contributed by atoms with E-state index in [4.69, 9.17) is 14.5 Å². The number of anilines is 3. The maximum absolute atomic E-state index is 13.8. The van der Waals surface area contributed by atoms with E-state index in [9.17, 15) is 37.1 Å². The van der Waals surface area contributed by atoms with Gasteiger partial charge in [-0.2, -0.15) is 13.2 Å². The topological polar surface area (TPSA) is 163 Å². The summed E-state index contributed by atoms with van der Waals surface area (Å²) in [5.41, 5.74) is 2.81. The predicted octanol–water partition coefficient (Wildman–Crippen LogP) is 5.01. The lowest BCUT2D eigenvalue weighted by molar-refractivity contribution is -0.138. The minimum Gasteiger partial charge on any atom is -0.473 e. The quantitative estimate of drug-likeness (QED) is 0.231. The first kappa shape index (κ1) is 38.5. The SMILES string of the molecule is Cc1ncc(NC(=O)c2cccc(C(F)(F)F)c2)cc1-c1cnc(OC2CCOCC2)c(N2CCN(c3cccc4c3C(=O)N(C3CCC(=O)NC3=O)C4=O)CC2)c1. The summed E-state index contributed by atoms with van der Waals surface area (Å²) < 4.78 is 52.0. The molecule has 4 aromatic rings. The molecule has 0 radical (unpaired) electrons. The summed E-state index contributed by atoms with van der Waals surface area (Å²) in [5, 5.41) is 4.89. The zero-order chi connectivity index (χ0) is 40.7. The minimum atomic E-state index is -4.60. The predicted molar refractivity (Wildman–Crippen MR) is 204 cm³/mol. The Bertz CT molecular complexity index is 2320. The number of imide groups is 2. The van der Waals surface area contributed by atoms with Gasteiger partial charge in [-0.25, -0.2) is 4.98 Å². The maximum Gasteiger partial charge on any atom is 0.416 e. The van der Waals surface area contributed by atoms with Crippen LogP contribution in [-0.2, 0) is 20.5 Å². The number of benzene rings is 2. The van der Waals surface area contributed by atoms with Crippen LogP contribution < -0.4 is 25.2 Å². The Morgan fingerprint density at radius 1 is 0.862 bits per heavy atom. The summed E-state index contributed by atoms with van der Waals surface area (Å²) in [4.78, 5) is 79.1. The van der Waals surface area contributed by atoms with E-state index < -0.39 is 47.3 Å². The summed E-state index contributed by atoms with van der Waals surface area (Å²) >= 11 is 0.